The molecule has 2 aromatic rings. The largest absolute Gasteiger partial charge is 0.444 e. The molecule has 14 heteroatoms. The van der Waals surface area contributed by atoms with Crippen molar-refractivity contribution in [1.29, 1.82) is 0 Å². The Balaban J connectivity index is 0.000000453. The van der Waals surface area contributed by atoms with Crippen LogP contribution in [0.5, 0.6) is 0 Å². The zero-order valence-corrected chi connectivity index (χ0v) is 26.3. The third-order valence-electron chi connectivity index (χ3n) is 5.51. The topological polar surface area (TPSA) is 226 Å². The van der Waals surface area contributed by atoms with Crippen LogP contribution < -0.4 is 22.5 Å². The first-order chi connectivity index (χ1) is 20.0. The van der Waals surface area contributed by atoms with Crippen molar-refractivity contribution in [2.75, 3.05) is 0 Å². The van der Waals surface area contributed by atoms with Gasteiger partial charge in [-0.05, 0) is 52.7 Å². The van der Waals surface area contributed by atoms with E-state index in [1.165, 1.54) is 0 Å². The number of nitrogens with two attached hydrogens (primary N) is 1. The molecule has 1 heterocycles. The second-order valence-electron chi connectivity index (χ2n) is 11.6. The SMILES string of the molecule is CC(C)(C)OC(=O)NC(c1ccccc1)[C@@H](N)O.CC(C)(C)OC(=O)NC(c1ccccc1)[C@H](O)ON1C(=O)CCC1=O.[NH4+]. The third kappa shape index (κ3) is 13.1. The Labute approximate surface area is 257 Å². The van der Waals surface area contributed by atoms with Gasteiger partial charge < -0.3 is 42.2 Å². The molecule has 2 unspecified atom stereocenters. The van der Waals surface area contributed by atoms with Crippen LogP contribution >= 0.6 is 0 Å². The summed E-state index contributed by atoms with van der Waals surface area (Å²) >= 11 is 0. The molecular formula is C30H46N5O9+. The lowest BCUT2D eigenvalue weighted by Crippen LogP contribution is -2.44. The molecule has 1 fully saturated rings. The molecule has 244 valence electrons. The number of alkyl carbamates (subject to hydrolysis) is 2. The van der Waals surface area contributed by atoms with Gasteiger partial charge in [0.2, 0.25) is 6.29 Å². The van der Waals surface area contributed by atoms with Gasteiger partial charge in [0.15, 0.2) is 0 Å². The molecule has 14 nitrogen and oxygen atoms in total. The molecule has 3 rings (SSSR count). The van der Waals surface area contributed by atoms with Crippen molar-refractivity contribution < 1.29 is 43.7 Å². The monoisotopic (exact) mass is 620 g/mol. The van der Waals surface area contributed by atoms with Crippen LogP contribution in [-0.4, -0.2) is 63.0 Å². The van der Waals surface area contributed by atoms with Gasteiger partial charge in [0.05, 0.1) is 6.04 Å². The second-order valence-corrected chi connectivity index (χ2v) is 11.6. The number of aliphatic hydroxyl groups excluding tert-OH is 2. The Bertz CT molecular complexity index is 1200. The zero-order chi connectivity index (χ0) is 32.4. The second kappa shape index (κ2) is 16.7. The number of hydrogen-bond donors (Lipinski definition) is 6. The fraction of sp³-hybridized carbons (Fsp3) is 0.467. The standard InChI is InChI=1S/C17H22N2O6.C13H20N2O3.H3N/c1-17(2,3)24-16(23)18-14(11-7-5-4-6-8-11)15(22)25-19-12(20)9-10-13(19)21;1-13(2,3)18-12(17)15-10(11(14)16)9-7-5-4-6-8-9;/h4-8,14-15,22H,9-10H2,1-3H3,(H,18,23);4-8,10-11,16H,14H2,1-3H3,(H,15,17);1H3/p+1/t14?,15-;10?,11-;/m10./s1. The number of hydroxylamine groups is 2. The highest BCUT2D eigenvalue weighted by molar-refractivity contribution is 6.00. The maximum absolute atomic E-state index is 12.1. The number of amides is 4. The Hall–Kier alpha value is -4.08. The fourth-order valence-electron chi connectivity index (χ4n) is 3.72. The first-order valence-electron chi connectivity index (χ1n) is 13.7. The van der Waals surface area contributed by atoms with E-state index in [1.54, 1.807) is 84.0 Å². The van der Waals surface area contributed by atoms with Gasteiger partial charge >= 0.3 is 12.2 Å². The van der Waals surface area contributed by atoms with Gasteiger partial charge in [-0.25, -0.2) is 14.4 Å². The van der Waals surface area contributed by atoms with E-state index < -0.39 is 59.8 Å². The van der Waals surface area contributed by atoms with Crippen LogP contribution in [0.15, 0.2) is 60.7 Å². The number of nitrogens with one attached hydrogen (secondary N) is 2. The molecule has 4 atom stereocenters. The average Bonchev–Trinajstić information content (AvgIpc) is 3.21. The van der Waals surface area contributed by atoms with Gasteiger partial charge in [0.1, 0.15) is 23.5 Å². The van der Waals surface area contributed by atoms with E-state index in [9.17, 15) is 29.4 Å². The van der Waals surface area contributed by atoms with Crippen LogP contribution in [0.25, 0.3) is 0 Å². The molecule has 0 bridgehead atoms. The van der Waals surface area contributed by atoms with Crippen molar-refractivity contribution in [1.82, 2.24) is 21.8 Å². The number of imide groups is 1. The van der Waals surface area contributed by atoms with Gasteiger partial charge in [-0.1, -0.05) is 60.7 Å². The van der Waals surface area contributed by atoms with Crippen molar-refractivity contribution in [3.63, 3.8) is 0 Å². The maximum Gasteiger partial charge on any atom is 0.408 e. The lowest BCUT2D eigenvalue weighted by molar-refractivity contribution is -0.252. The summed E-state index contributed by atoms with van der Waals surface area (Å²) in [4.78, 5) is 52.1. The number of rotatable bonds is 8. The summed E-state index contributed by atoms with van der Waals surface area (Å²) in [7, 11) is 0. The van der Waals surface area contributed by atoms with Crippen LogP contribution in [-0.2, 0) is 23.9 Å². The van der Waals surface area contributed by atoms with Crippen LogP contribution in [0.1, 0.15) is 77.6 Å². The average molecular weight is 621 g/mol. The van der Waals surface area contributed by atoms with Crippen LogP contribution in [0.3, 0.4) is 0 Å². The first-order valence-corrected chi connectivity index (χ1v) is 13.7. The zero-order valence-electron chi connectivity index (χ0n) is 26.3. The predicted molar refractivity (Wildman–Crippen MR) is 161 cm³/mol. The first kappa shape index (κ1) is 37.9. The summed E-state index contributed by atoms with van der Waals surface area (Å²) in [5.74, 6) is -1.07. The number of carbonyl (C=O) groups is 4. The molecule has 44 heavy (non-hydrogen) atoms. The molecule has 0 spiro atoms. The maximum atomic E-state index is 12.1. The smallest absolute Gasteiger partial charge is 0.408 e. The highest BCUT2D eigenvalue weighted by atomic mass is 16.8. The number of carbonyl (C=O) groups excluding carboxylic acids is 4. The molecule has 4 amide bonds. The van der Waals surface area contributed by atoms with Crippen molar-refractivity contribution in [2.24, 2.45) is 5.73 Å². The molecule has 0 aromatic heterocycles. The van der Waals surface area contributed by atoms with Crippen LogP contribution in [0, 0.1) is 0 Å². The van der Waals surface area contributed by atoms with Gasteiger partial charge in [-0.2, -0.15) is 5.06 Å². The summed E-state index contributed by atoms with van der Waals surface area (Å²) < 4.78 is 10.3. The Kier molecular flexibility index (Phi) is 14.4. The molecule has 2 aromatic carbocycles. The Morgan fingerprint density at radius 2 is 1.11 bits per heavy atom. The minimum atomic E-state index is -1.65. The molecule has 0 saturated carbocycles. The fourth-order valence-corrected chi connectivity index (χ4v) is 3.72. The lowest BCUT2D eigenvalue weighted by atomic mass is 10.1. The van der Waals surface area contributed by atoms with Crippen LogP contribution in [0.2, 0.25) is 0 Å². The quantitative estimate of drug-likeness (QED) is 0.186. The number of ether oxygens (including phenoxy) is 2. The molecule has 0 radical (unpaired) electrons. The summed E-state index contributed by atoms with van der Waals surface area (Å²) in [5, 5.41) is 25.5. The van der Waals surface area contributed by atoms with E-state index in [2.05, 4.69) is 10.6 Å². The van der Waals surface area contributed by atoms with E-state index >= 15 is 0 Å². The number of benzene rings is 2. The molecule has 10 N–H and O–H groups in total. The normalized spacial score (nSPS) is 15.9. The number of nitrogens with zero attached hydrogens (tertiary/aromatic N) is 1. The van der Waals surface area contributed by atoms with E-state index in [-0.39, 0.29) is 19.0 Å². The van der Waals surface area contributed by atoms with Crippen molar-refractivity contribution in [3.05, 3.63) is 71.8 Å². The minimum absolute atomic E-state index is 0. The summed E-state index contributed by atoms with van der Waals surface area (Å²) in [6, 6.07) is 15.8. The molecule has 1 aliphatic rings. The Morgan fingerprint density at radius 1 is 0.750 bits per heavy atom. The van der Waals surface area contributed by atoms with Crippen molar-refractivity contribution in [3.8, 4) is 0 Å². The van der Waals surface area contributed by atoms with Crippen molar-refractivity contribution in [2.45, 2.75) is 90.2 Å². The van der Waals surface area contributed by atoms with E-state index in [1.807, 2.05) is 18.2 Å². The number of hydrogen-bond acceptors (Lipinski definition) is 10. The van der Waals surface area contributed by atoms with Crippen molar-refractivity contribution >= 4 is 24.0 Å². The minimum Gasteiger partial charge on any atom is -0.444 e. The van der Waals surface area contributed by atoms with Gasteiger partial charge in [-0.15, -0.1) is 0 Å². The van der Waals surface area contributed by atoms with E-state index in [4.69, 9.17) is 20.0 Å². The lowest BCUT2D eigenvalue weighted by Gasteiger charge is -2.28. The molecule has 0 aliphatic carbocycles. The van der Waals surface area contributed by atoms with Gasteiger partial charge in [-0.3, -0.25) is 9.59 Å². The van der Waals surface area contributed by atoms with Crippen LogP contribution in [0.4, 0.5) is 9.59 Å². The molecule has 1 saturated heterocycles. The third-order valence-corrected chi connectivity index (χ3v) is 5.51. The molecule has 1 aliphatic heterocycles. The number of quaternary nitrogens is 1. The highest BCUT2D eigenvalue weighted by Gasteiger charge is 2.36. The van der Waals surface area contributed by atoms with E-state index in [0.717, 1.165) is 5.56 Å². The predicted octanol–water partition coefficient (Wildman–Crippen LogP) is 3.56. The number of aliphatic hydroxyl groups is 2. The Morgan fingerprint density at radius 3 is 1.48 bits per heavy atom. The van der Waals surface area contributed by atoms with E-state index in [0.29, 0.717) is 10.6 Å². The summed E-state index contributed by atoms with van der Waals surface area (Å²) in [6.45, 7) is 10.4. The van der Waals surface area contributed by atoms with Gasteiger partial charge in [0, 0.05) is 12.8 Å². The summed E-state index contributed by atoms with van der Waals surface area (Å²) in [6.07, 6.45) is -4.16. The summed E-state index contributed by atoms with van der Waals surface area (Å²) in [5.41, 5.74) is 5.40. The highest BCUT2D eigenvalue weighted by Crippen LogP contribution is 2.22. The molecular weight excluding hydrogens is 574 g/mol. The van der Waals surface area contributed by atoms with Gasteiger partial charge in [0.25, 0.3) is 11.8 Å².